The number of piperazine rings is 1. The Kier molecular flexibility index (Phi) is 9.98. The lowest BCUT2D eigenvalue weighted by atomic mass is 10.2. The second kappa shape index (κ2) is 12.2. The van der Waals surface area contributed by atoms with Gasteiger partial charge in [0.15, 0.2) is 5.58 Å². The van der Waals surface area contributed by atoms with Crippen LogP contribution < -0.4 is 39.4 Å². The van der Waals surface area contributed by atoms with Crippen LogP contribution in [0.25, 0.3) is 11.1 Å². The van der Waals surface area contributed by atoms with Gasteiger partial charge in [-0.2, -0.15) is 4.98 Å². The van der Waals surface area contributed by atoms with E-state index in [1.165, 1.54) is 24.1 Å². The molecule has 1 aliphatic heterocycles. The van der Waals surface area contributed by atoms with Crippen molar-refractivity contribution in [2.24, 2.45) is 0 Å². The molecule has 3 heterocycles. The summed E-state index contributed by atoms with van der Waals surface area (Å²) < 4.78 is 10.9. The second-order valence-corrected chi connectivity index (χ2v) is 8.28. The molecule has 0 spiro atoms. The molecular weight excluding hydrogens is 477 g/mol. The molecule has 1 aromatic carbocycles. The first-order chi connectivity index (χ1) is 14.6. The van der Waals surface area contributed by atoms with Crippen molar-refractivity contribution in [3.63, 3.8) is 0 Å². The first kappa shape index (κ1) is 26.1. The quantitative estimate of drug-likeness (QED) is 0.138. The number of hydrogen-bond acceptors (Lipinski definition) is 7. The van der Waals surface area contributed by atoms with Gasteiger partial charge in [-0.15, -0.1) is 0 Å². The Labute approximate surface area is 202 Å². The van der Waals surface area contributed by atoms with Gasteiger partial charge in [0.05, 0.1) is 18.6 Å². The van der Waals surface area contributed by atoms with Crippen molar-refractivity contribution < 1.29 is 48.7 Å². The van der Waals surface area contributed by atoms with Crippen molar-refractivity contribution in [3.05, 3.63) is 46.5 Å². The Hall–Kier alpha value is -2.11. The van der Waals surface area contributed by atoms with Crippen LogP contribution in [0.15, 0.2) is 46.0 Å². The lowest BCUT2D eigenvalue weighted by molar-refractivity contribution is -0.987. The minimum Gasteiger partial charge on any atom is -1.00 e. The summed E-state index contributed by atoms with van der Waals surface area (Å²) >= 11 is 1.65. The van der Waals surface area contributed by atoms with Crippen LogP contribution in [0.4, 0.5) is 11.5 Å². The lowest BCUT2D eigenvalue weighted by Gasteiger charge is -2.28. The molecule has 3 aromatic rings. The van der Waals surface area contributed by atoms with Gasteiger partial charge in [0.1, 0.15) is 31.7 Å². The first-order valence-corrected chi connectivity index (χ1v) is 11.0. The molecule has 1 aliphatic rings. The molecule has 32 heavy (non-hydrogen) atoms. The number of quaternary nitrogens is 2. The minimum atomic E-state index is -0.364. The highest BCUT2D eigenvalue weighted by molar-refractivity contribution is 7.99. The van der Waals surface area contributed by atoms with Crippen LogP contribution in [0.1, 0.15) is 6.42 Å². The monoisotopic (exact) mass is 501 g/mol. The number of methoxy groups -OCH3 is 1. The molecule has 0 radical (unpaired) electrons. The van der Waals surface area contributed by atoms with Gasteiger partial charge >= 0.3 is 11.5 Å². The van der Waals surface area contributed by atoms with Crippen LogP contribution in [-0.4, -0.2) is 60.5 Å². The number of benzene rings is 1. The van der Waals surface area contributed by atoms with Crippen LogP contribution in [-0.2, 0) is 0 Å². The van der Waals surface area contributed by atoms with Crippen molar-refractivity contribution in [3.8, 4) is 5.88 Å². The first-order valence-electron chi connectivity index (χ1n) is 10.0. The Morgan fingerprint density at radius 3 is 2.56 bits per heavy atom. The summed E-state index contributed by atoms with van der Waals surface area (Å²) in [6.45, 7) is 4.61. The highest BCUT2D eigenvalue weighted by atomic mass is 35.5. The van der Waals surface area contributed by atoms with Crippen LogP contribution in [0.3, 0.4) is 0 Å². The van der Waals surface area contributed by atoms with Crippen LogP contribution in [0.2, 0.25) is 0 Å². The number of oxazole rings is 1. The van der Waals surface area contributed by atoms with Gasteiger partial charge in [-0.25, -0.2) is 4.98 Å². The van der Waals surface area contributed by atoms with Gasteiger partial charge in [-0.1, -0.05) is 23.9 Å². The highest BCUT2D eigenvalue weighted by Gasteiger charge is 2.32. The fourth-order valence-electron chi connectivity index (χ4n) is 3.74. The van der Waals surface area contributed by atoms with Crippen molar-refractivity contribution in [2.45, 2.75) is 11.6 Å². The topological polar surface area (TPSA) is 100 Å². The summed E-state index contributed by atoms with van der Waals surface area (Å²) in [6.07, 6.45) is 1.06. The van der Waals surface area contributed by atoms with E-state index < -0.39 is 0 Å². The molecular formula is C20H25Cl2N5O4S. The molecule has 4 rings (SSSR count). The number of para-hydroxylation sites is 2. The normalized spacial score (nSPS) is 17.9. The lowest BCUT2D eigenvalue weighted by Crippen LogP contribution is -3.26. The number of fused-ring (bicyclic) bond motifs is 1. The van der Waals surface area contributed by atoms with E-state index in [9.17, 15) is 10.1 Å². The average molecular weight is 502 g/mol. The maximum Gasteiger partial charge on any atom is 0.350 e. The number of aromatic nitrogens is 2. The number of nitrogens with zero attached hydrogens (tertiary/aromatic N) is 3. The maximum absolute atomic E-state index is 11.4. The Bertz CT molecular complexity index is 997. The molecule has 0 saturated carbocycles. The molecule has 0 unspecified atom stereocenters. The molecule has 174 valence electrons. The Morgan fingerprint density at radius 1 is 1.12 bits per heavy atom. The van der Waals surface area contributed by atoms with E-state index in [4.69, 9.17) is 9.15 Å². The molecule has 0 atom stereocenters. The largest absolute Gasteiger partial charge is 1.00 e. The van der Waals surface area contributed by atoms with Crippen molar-refractivity contribution in [1.82, 2.24) is 9.97 Å². The number of nitro groups is 1. The zero-order valence-electron chi connectivity index (χ0n) is 17.6. The predicted molar refractivity (Wildman–Crippen MR) is 113 cm³/mol. The standard InChI is InChI=1S/C20H23N5O4S.2ClH/c1-28-18-8-7-16(25(26)27)19(22-18)24-12-10-23(11-13-24)9-4-14-30-20-21-15-5-2-3-6-17(15)29-20;;/h2-3,5-8H,4,9-14H2,1H3;2*1H. The fourth-order valence-corrected chi connectivity index (χ4v) is 4.52. The SMILES string of the molecule is COc1ccc([N+](=O)[O-])c([NH+]2CC[NH+](CCCSc3nc4ccccc4o3)CC2)n1.[Cl-].[Cl-]. The fraction of sp³-hybridized carbons (Fsp3) is 0.400. The number of halogens is 2. The van der Waals surface area contributed by atoms with E-state index >= 15 is 0 Å². The van der Waals surface area contributed by atoms with E-state index in [0.29, 0.717) is 11.7 Å². The molecule has 0 amide bonds. The van der Waals surface area contributed by atoms with Crippen molar-refractivity contribution >= 4 is 34.4 Å². The van der Waals surface area contributed by atoms with Gasteiger partial charge in [0, 0.05) is 24.3 Å². The van der Waals surface area contributed by atoms with E-state index in [1.54, 1.807) is 11.8 Å². The molecule has 9 nitrogen and oxygen atoms in total. The third kappa shape index (κ3) is 6.23. The van der Waals surface area contributed by atoms with Crippen LogP contribution in [0, 0.1) is 10.1 Å². The molecule has 0 bridgehead atoms. The van der Waals surface area contributed by atoms with E-state index in [-0.39, 0.29) is 35.4 Å². The summed E-state index contributed by atoms with van der Waals surface area (Å²) in [7, 11) is 1.52. The maximum atomic E-state index is 11.4. The minimum absolute atomic E-state index is 0. The van der Waals surface area contributed by atoms with E-state index in [1.807, 2.05) is 24.3 Å². The third-order valence-corrected chi connectivity index (χ3v) is 6.24. The summed E-state index contributed by atoms with van der Waals surface area (Å²) in [5, 5.41) is 12.1. The van der Waals surface area contributed by atoms with Crippen molar-refractivity contribution in [1.29, 1.82) is 0 Å². The summed E-state index contributed by atoms with van der Waals surface area (Å²) in [5.74, 6) is 1.84. The second-order valence-electron chi connectivity index (χ2n) is 7.23. The van der Waals surface area contributed by atoms with Gasteiger partial charge in [0.2, 0.25) is 5.88 Å². The van der Waals surface area contributed by atoms with Crippen LogP contribution >= 0.6 is 11.8 Å². The number of pyridine rings is 1. The zero-order chi connectivity index (χ0) is 20.9. The molecule has 0 aliphatic carbocycles. The van der Waals surface area contributed by atoms with Gasteiger partial charge in [0.25, 0.3) is 5.22 Å². The summed E-state index contributed by atoms with van der Waals surface area (Å²) in [6, 6.07) is 10.8. The number of hydrogen-bond donors (Lipinski definition) is 2. The van der Waals surface area contributed by atoms with Gasteiger partial charge < -0.3 is 38.9 Å². The van der Waals surface area contributed by atoms with Crippen LogP contribution in [0.5, 0.6) is 5.88 Å². The number of thioether (sulfide) groups is 1. The van der Waals surface area contributed by atoms with Crippen molar-refractivity contribution in [2.75, 3.05) is 45.6 Å². The third-order valence-electron chi connectivity index (χ3n) is 5.32. The Balaban J connectivity index is 0.00000181. The predicted octanol–water partition coefficient (Wildman–Crippen LogP) is -5.26. The number of ether oxygens (including phenoxy) is 1. The summed E-state index contributed by atoms with van der Waals surface area (Å²) in [5.41, 5.74) is 1.78. The molecule has 2 aromatic heterocycles. The summed E-state index contributed by atoms with van der Waals surface area (Å²) in [4.78, 5) is 22.4. The molecule has 2 N–H and O–H groups in total. The number of nitrogens with one attached hydrogen (secondary N) is 2. The molecule has 1 saturated heterocycles. The van der Waals surface area contributed by atoms with E-state index in [2.05, 4.69) is 9.97 Å². The van der Waals surface area contributed by atoms with E-state index in [0.717, 1.165) is 66.1 Å². The average Bonchev–Trinajstić information content (AvgIpc) is 3.19. The van der Waals surface area contributed by atoms with Gasteiger partial charge in [-0.3, -0.25) is 15.0 Å². The highest BCUT2D eigenvalue weighted by Crippen LogP contribution is 2.23. The molecule has 1 fully saturated rings. The van der Waals surface area contributed by atoms with Gasteiger partial charge in [-0.05, 0) is 12.1 Å². The zero-order valence-corrected chi connectivity index (χ0v) is 19.9. The Morgan fingerprint density at radius 2 is 1.88 bits per heavy atom. The smallest absolute Gasteiger partial charge is 0.350 e. The number of rotatable bonds is 8. The molecule has 12 heteroatoms.